The van der Waals surface area contributed by atoms with E-state index in [0.717, 1.165) is 23.3 Å². The number of carbonyl (C=O) groups excluding carboxylic acids is 1. The summed E-state index contributed by atoms with van der Waals surface area (Å²) >= 11 is 0. The second-order valence-electron chi connectivity index (χ2n) is 7.98. The Morgan fingerprint density at radius 3 is 2.43 bits per heavy atom. The monoisotopic (exact) mass is 438 g/mol. The molecule has 0 bridgehead atoms. The number of nitrogens with zero attached hydrogens (tertiary/aromatic N) is 2. The van der Waals surface area contributed by atoms with Gasteiger partial charge in [0.15, 0.2) is 9.84 Å². The first kappa shape index (κ1) is 20.7. The van der Waals surface area contributed by atoms with Gasteiger partial charge in [-0.25, -0.2) is 13.2 Å². The van der Waals surface area contributed by atoms with E-state index in [1.807, 2.05) is 32.0 Å². The van der Waals surface area contributed by atoms with Gasteiger partial charge in [0.1, 0.15) is 0 Å². The number of hydrogen-bond acceptors (Lipinski definition) is 3. The summed E-state index contributed by atoms with van der Waals surface area (Å²) in [6, 6.07) is 8.85. The minimum absolute atomic E-state index is 0.0825. The van der Waals surface area contributed by atoms with Crippen LogP contribution in [-0.2, 0) is 22.6 Å². The SMILES string of the molecule is Cc1ccc(C)c(N2C(=O)N(Cc3cccc(C(F)(F)F)c3)[C@H]3CS(=O)(=O)C[C@@H]32)c1. The lowest BCUT2D eigenvalue weighted by Crippen LogP contribution is -2.38. The van der Waals surface area contributed by atoms with Crippen LogP contribution in [0, 0.1) is 13.8 Å². The van der Waals surface area contributed by atoms with E-state index in [1.165, 1.54) is 21.9 Å². The maximum atomic E-state index is 13.3. The maximum absolute atomic E-state index is 13.3. The topological polar surface area (TPSA) is 57.7 Å². The molecule has 160 valence electrons. The Morgan fingerprint density at radius 2 is 1.73 bits per heavy atom. The van der Waals surface area contributed by atoms with Gasteiger partial charge in [-0.15, -0.1) is 0 Å². The second kappa shape index (κ2) is 7.01. The molecular formula is C21H21F3N2O3S. The zero-order valence-corrected chi connectivity index (χ0v) is 17.3. The van der Waals surface area contributed by atoms with Crippen molar-refractivity contribution < 1.29 is 26.4 Å². The van der Waals surface area contributed by atoms with Crippen molar-refractivity contribution in [3.8, 4) is 0 Å². The molecule has 2 heterocycles. The molecule has 0 spiro atoms. The van der Waals surface area contributed by atoms with E-state index in [0.29, 0.717) is 11.3 Å². The molecule has 2 fully saturated rings. The summed E-state index contributed by atoms with van der Waals surface area (Å²) in [6.45, 7) is 3.64. The summed E-state index contributed by atoms with van der Waals surface area (Å²) in [5.41, 5.74) is 1.91. The lowest BCUT2D eigenvalue weighted by molar-refractivity contribution is -0.137. The first-order valence-electron chi connectivity index (χ1n) is 9.50. The zero-order valence-electron chi connectivity index (χ0n) is 16.5. The molecule has 9 heteroatoms. The van der Waals surface area contributed by atoms with Crippen molar-refractivity contribution in [3.63, 3.8) is 0 Å². The summed E-state index contributed by atoms with van der Waals surface area (Å²) in [5, 5.41) is 0. The van der Waals surface area contributed by atoms with Crippen molar-refractivity contribution in [2.75, 3.05) is 16.4 Å². The fourth-order valence-corrected chi connectivity index (χ4v) is 6.22. The van der Waals surface area contributed by atoms with Gasteiger partial charge in [-0.05, 0) is 48.7 Å². The molecule has 0 aromatic heterocycles. The number of alkyl halides is 3. The van der Waals surface area contributed by atoms with Gasteiger partial charge in [0.2, 0.25) is 0 Å². The van der Waals surface area contributed by atoms with E-state index in [9.17, 15) is 26.4 Å². The third-order valence-electron chi connectivity index (χ3n) is 5.71. The van der Waals surface area contributed by atoms with Crippen LogP contribution in [0.3, 0.4) is 0 Å². The highest BCUT2D eigenvalue weighted by atomic mass is 32.2. The summed E-state index contributed by atoms with van der Waals surface area (Å²) in [7, 11) is -3.36. The average Bonchev–Trinajstić information content (AvgIpc) is 3.08. The number of halogens is 3. The van der Waals surface area contributed by atoms with Gasteiger partial charge < -0.3 is 4.90 Å². The summed E-state index contributed by atoms with van der Waals surface area (Å²) in [6.07, 6.45) is -4.49. The van der Waals surface area contributed by atoms with Gasteiger partial charge >= 0.3 is 12.2 Å². The first-order chi connectivity index (χ1) is 14.0. The average molecular weight is 438 g/mol. The van der Waals surface area contributed by atoms with E-state index in [2.05, 4.69) is 0 Å². The van der Waals surface area contributed by atoms with Crippen LogP contribution in [0.25, 0.3) is 0 Å². The predicted molar refractivity (Wildman–Crippen MR) is 107 cm³/mol. The Hall–Kier alpha value is -2.55. The molecule has 0 saturated carbocycles. The molecule has 30 heavy (non-hydrogen) atoms. The summed E-state index contributed by atoms with van der Waals surface area (Å²) in [4.78, 5) is 16.2. The molecule has 2 atom stereocenters. The van der Waals surface area contributed by atoms with E-state index in [1.54, 1.807) is 0 Å². The van der Waals surface area contributed by atoms with Crippen molar-refractivity contribution >= 4 is 21.6 Å². The second-order valence-corrected chi connectivity index (χ2v) is 10.1. The van der Waals surface area contributed by atoms with E-state index in [4.69, 9.17) is 0 Å². The highest BCUT2D eigenvalue weighted by molar-refractivity contribution is 7.91. The van der Waals surface area contributed by atoms with Crippen molar-refractivity contribution in [2.24, 2.45) is 0 Å². The lowest BCUT2D eigenvalue weighted by atomic mass is 10.1. The third-order valence-corrected chi connectivity index (χ3v) is 7.41. The number of anilines is 1. The van der Waals surface area contributed by atoms with Crippen LogP contribution in [0.4, 0.5) is 23.7 Å². The number of carbonyl (C=O) groups is 1. The predicted octanol–water partition coefficient (Wildman–Crippen LogP) is 3.93. The fourth-order valence-electron chi connectivity index (χ4n) is 4.27. The molecule has 0 radical (unpaired) electrons. The van der Waals surface area contributed by atoms with E-state index in [-0.39, 0.29) is 24.1 Å². The van der Waals surface area contributed by atoms with Crippen LogP contribution in [0.2, 0.25) is 0 Å². The number of benzene rings is 2. The number of hydrogen-bond donors (Lipinski definition) is 0. The van der Waals surface area contributed by atoms with Crippen LogP contribution < -0.4 is 4.90 Å². The number of aryl methyl sites for hydroxylation is 2. The molecule has 0 N–H and O–H groups in total. The number of sulfone groups is 1. The molecule has 4 rings (SSSR count). The van der Waals surface area contributed by atoms with Crippen molar-refractivity contribution in [2.45, 2.75) is 38.7 Å². The Labute approximate surface area is 173 Å². The Morgan fingerprint density at radius 1 is 1.03 bits per heavy atom. The Balaban J connectivity index is 1.72. The highest BCUT2D eigenvalue weighted by Crippen LogP contribution is 2.38. The molecule has 2 aromatic carbocycles. The summed E-state index contributed by atoms with van der Waals surface area (Å²) < 4.78 is 63.9. The molecule has 2 amide bonds. The highest BCUT2D eigenvalue weighted by Gasteiger charge is 2.54. The maximum Gasteiger partial charge on any atom is 0.416 e. The van der Waals surface area contributed by atoms with Crippen molar-refractivity contribution in [1.82, 2.24) is 4.90 Å². The van der Waals surface area contributed by atoms with Gasteiger partial charge in [-0.1, -0.05) is 24.3 Å². The number of rotatable bonds is 3. The third kappa shape index (κ3) is 3.66. The number of amides is 2. The normalized spacial score (nSPS) is 23.2. The largest absolute Gasteiger partial charge is 0.416 e. The molecule has 2 saturated heterocycles. The van der Waals surface area contributed by atoms with Gasteiger partial charge in [0.05, 0.1) is 29.2 Å². The van der Waals surface area contributed by atoms with Gasteiger partial charge in [0, 0.05) is 12.2 Å². The molecule has 5 nitrogen and oxygen atoms in total. The summed E-state index contributed by atoms with van der Waals surface area (Å²) in [5.74, 6) is -0.348. The quantitative estimate of drug-likeness (QED) is 0.683. The molecule has 2 aromatic rings. The van der Waals surface area contributed by atoms with E-state index < -0.39 is 33.7 Å². The zero-order chi connectivity index (χ0) is 21.8. The Kier molecular flexibility index (Phi) is 4.84. The Bertz CT molecular complexity index is 1110. The van der Waals surface area contributed by atoms with Gasteiger partial charge in [-0.2, -0.15) is 13.2 Å². The molecule has 2 aliphatic heterocycles. The lowest BCUT2D eigenvalue weighted by Gasteiger charge is -2.24. The van der Waals surface area contributed by atoms with Crippen LogP contribution in [0.1, 0.15) is 22.3 Å². The molecule has 0 unspecified atom stereocenters. The fraction of sp³-hybridized carbons (Fsp3) is 0.381. The van der Waals surface area contributed by atoms with Crippen LogP contribution in [-0.4, -0.2) is 42.9 Å². The van der Waals surface area contributed by atoms with E-state index >= 15 is 0 Å². The molecule has 0 aliphatic carbocycles. The minimum Gasteiger partial charge on any atom is -0.314 e. The van der Waals surface area contributed by atoms with Crippen LogP contribution >= 0.6 is 0 Å². The first-order valence-corrected chi connectivity index (χ1v) is 11.3. The number of urea groups is 1. The molecule has 2 aliphatic rings. The van der Waals surface area contributed by atoms with Crippen molar-refractivity contribution in [3.05, 3.63) is 64.7 Å². The standard InChI is InChI=1S/C21H21F3N2O3S/c1-13-6-7-14(2)17(8-13)26-19-12-30(28,29)11-18(19)25(20(26)27)10-15-4-3-5-16(9-15)21(22,23)24/h3-9,18-19H,10-12H2,1-2H3/t18-,19-/m0/s1. The van der Waals surface area contributed by atoms with Crippen molar-refractivity contribution in [1.29, 1.82) is 0 Å². The van der Waals surface area contributed by atoms with Crippen LogP contribution in [0.15, 0.2) is 42.5 Å². The van der Waals surface area contributed by atoms with Gasteiger partial charge in [0.25, 0.3) is 0 Å². The van der Waals surface area contributed by atoms with Crippen LogP contribution in [0.5, 0.6) is 0 Å². The number of fused-ring (bicyclic) bond motifs is 1. The molecular weight excluding hydrogens is 417 g/mol. The smallest absolute Gasteiger partial charge is 0.314 e. The van der Waals surface area contributed by atoms with Gasteiger partial charge in [-0.3, -0.25) is 4.90 Å². The minimum atomic E-state index is -4.49.